The number of amides is 2. The number of carboxylic acid groups (broad SMARTS) is 1. The van der Waals surface area contributed by atoms with Gasteiger partial charge >= 0.3 is 12.1 Å². The number of aliphatic carboxylic acids is 1. The van der Waals surface area contributed by atoms with Gasteiger partial charge in [0.15, 0.2) is 0 Å². The smallest absolute Gasteiger partial charge is 0.407 e. The van der Waals surface area contributed by atoms with Gasteiger partial charge in [-0.25, -0.2) is 4.79 Å². The molecule has 1 aliphatic carbocycles. The molecule has 0 spiro atoms. The maximum Gasteiger partial charge on any atom is 0.407 e. The van der Waals surface area contributed by atoms with Gasteiger partial charge in [-0.15, -0.1) is 0 Å². The van der Waals surface area contributed by atoms with Crippen LogP contribution in [0, 0.1) is 0 Å². The molecule has 8 nitrogen and oxygen atoms in total. The Balaban J connectivity index is 1.64. The second-order valence-electron chi connectivity index (χ2n) is 7.32. The minimum Gasteiger partial charge on any atom is -0.481 e. The average Bonchev–Trinajstić information content (AvgIpc) is 3.09. The highest BCUT2D eigenvalue weighted by Gasteiger charge is 2.31. The van der Waals surface area contributed by atoms with Gasteiger partial charge in [0.1, 0.15) is 12.6 Å². The van der Waals surface area contributed by atoms with Crippen LogP contribution >= 0.6 is 0 Å². The van der Waals surface area contributed by atoms with E-state index in [1.807, 2.05) is 48.5 Å². The van der Waals surface area contributed by atoms with Gasteiger partial charge in [-0.05, 0) is 29.2 Å². The molecule has 0 aliphatic heterocycles. The van der Waals surface area contributed by atoms with Crippen LogP contribution in [0.2, 0.25) is 0 Å². The molecule has 3 N–H and O–H groups in total. The second kappa shape index (κ2) is 10.1. The molecule has 3 rings (SSSR count). The number of carbonyl (C=O) groups excluding carboxylic acids is 2. The molecule has 31 heavy (non-hydrogen) atoms. The molecule has 0 fully saturated rings. The van der Waals surface area contributed by atoms with Crippen molar-refractivity contribution in [1.82, 2.24) is 10.6 Å². The van der Waals surface area contributed by atoms with E-state index in [1.165, 1.54) is 7.11 Å². The fourth-order valence-corrected chi connectivity index (χ4v) is 3.70. The van der Waals surface area contributed by atoms with Crippen LogP contribution in [0.25, 0.3) is 11.1 Å². The van der Waals surface area contributed by atoms with Crippen molar-refractivity contribution in [3.8, 4) is 11.1 Å². The lowest BCUT2D eigenvalue weighted by Crippen LogP contribution is -2.53. The summed E-state index contributed by atoms with van der Waals surface area (Å²) < 4.78 is 10.7. The largest absolute Gasteiger partial charge is 0.481 e. The molecular weight excluding hydrogens is 400 g/mol. The fraction of sp³-hybridized carbons (Fsp3) is 0.348. The monoisotopic (exact) mass is 426 g/mol. The second-order valence-corrected chi connectivity index (χ2v) is 7.32. The minimum absolute atomic E-state index is 0.0481. The molecule has 0 bridgehead atoms. The van der Waals surface area contributed by atoms with Crippen LogP contribution in [0.3, 0.4) is 0 Å². The molecule has 2 aromatic rings. The number of carboxylic acids is 1. The zero-order chi connectivity index (χ0) is 22.4. The van der Waals surface area contributed by atoms with E-state index in [-0.39, 0.29) is 25.5 Å². The van der Waals surface area contributed by atoms with Gasteiger partial charge in [0.05, 0.1) is 12.5 Å². The molecule has 8 heteroatoms. The van der Waals surface area contributed by atoms with E-state index in [1.54, 1.807) is 6.92 Å². The van der Waals surface area contributed by atoms with Crippen LogP contribution in [-0.2, 0) is 19.1 Å². The zero-order valence-electron chi connectivity index (χ0n) is 17.5. The number of rotatable bonds is 9. The highest BCUT2D eigenvalue weighted by molar-refractivity contribution is 5.86. The molecule has 2 aromatic carbocycles. The lowest BCUT2D eigenvalue weighted by atomic mass is 9.98. The Bertz CT molecular complexity index is 915. The topological polar surface area (TPSA) is 114 Å². The first-order valence-corrected chi connectivity index (χ1v) is 10.1. The SMILES string of the molecule is CO[C@H](C)[C@H](NC(=O)OCC1c2ccccc2-c2ccccc21)C(=O)NCCC(=O)O. The molecule has 0 saturated heterocycles. The predicted molar refractivity (Wildman–Crippen MR) is 114 cm³/mol. The van der Waals surface area contributed by atoms with E-state index in [4.69, 9.17) is 14.6 Å². The Labute approximate surface area is 180 Å². The van der Waals surface area contributed by atoms with Gasteiger partial charge in [-0.1, -0.05) is 48.5 Å². The summed E-state index contributed by atoms with van der Waals surface area (Å²) in [6, 6.07) is 15.0. The summed E-state index contributed by atoms with van der Waals surface area (Å²) in [5, 5.41) is 13.7. The standard InChI is InChI=1S/C23H26N2O6/c1-14(30-2)21(22(28)24-12-11-20(26)27)25-23(29)31-13-19-17-9-5-3-7-15(17)16-8-4-6-10-18(16)19/h3-10,14,19,21H,11-13H2,1-2H3,(H,24,28)(H,25,29)(H,26,27)/t14-,21+/m1/s1. The van der Waals surface area contributed by atoms with Crippen LogP contribution in [0.5, 0.6) is 0 Å². The number of methoxy groups -OCH3 is 1. The molecule has 1 aliphatic rings. The van der Waals surface area contributed by atoms with Gasteiger partial charge in [0.2, 0.25) is 5.91 Å². The quantitative estimate of drug-likeness (QED) is 0.568. The van der Waals surface area contributed by atoms with Crippen LogP contribution in [0.1, 0.15) is 30.4 Å². The summed E-state index contributed by atoms with van der Waals surface area (Å²) >= 11 is 0. The first-order valence-electron chi connectivity index (χ1n) is 10.1. The number of nitrogens with one attached hydrogen (secondary N) is 2. The summed E-state index contributed by atoms with van der Waals surface area (Å²) in [6.45, 7) is 1.70. The van der Waals surface area contributed by atoms with E-state index in [9.17, 15) is 14.4 Å². The van der Waals surface area contributed by atoms with Crippen LogP contribution in [0.4, 0.5) is 4.79 Å². The third kappa shape index (κ3) is 5.21. The predicted octanol–water partition coefficient (Wildman–Crippen LogP) is 2.52. The number of carbonyl (C=O) groups is 3. The third-order valence-corrected chi connectivity index (χ3v) is 5.38. The first kappa shape index (κ1) is 22.3. The maximum atomic E-state index is 12.5. The van der Waals surface area contributed by atoms with E-state index in [2.05, 4.69) is 10.6 Å². The van der Waals surface area contributed by atoms with Crippen molar-refractivity contribution in [1.29, 1.82) is 0 Å². The molecule has 0 radical (unpaired) electrons. The van der Waals surface area contributed by atoms with Gasteiger partial charge in [0.25, 0.3) is 0 Å². The van der Waals surface area contributed by atoms with E-state index in [0.29, 0.717) is 0 Å². The van der Waals surface area contributed by atoms with E-state index < -0.39 is 30.1 Å². The van der Waals surface area contributed by atoms with Crippen molar-refractivity contribution in [2.75, 3.05) is 20.3 Å². The molecule has 2 amide bonds. The Morgan fingerprint density at radius 1 is 1.03 bits per heavy atom. The van der Waals surface area contributed by atoms with Crippen molar-refractivity contribution >= 4 is 18.0 Å². The van der Waals surface area contributed by atoms with Crippen molar-refractivity contribution in [2.24, 2.45) is 0 Å². The van der Waals surface area contributed by atoms with Crippen molar-refractivity contribution in [3.63, 3.8) is 0 Å². The fourth-order valence-electron chi connectivity index (χ4n) is 3.70. The first-order chi connectivity index (χ1) is 14.9. The highest BCUT2D eigenvalue weighted by atomic mass is 16.5. The summed E-state index contributed by atoms with van der Waals surface area (Å²) in [5.41, 5.74) is 4.42. The number of benzene rings is 2. The van der Waals surface area contributed by atoms with Crippen molar-refractivity contribution in [3.05, 3.63) is 59.7 Å². The molecule has 0 heterocycles. The number of hydrogen-bond donors (Lipinski definition) is 3. The molecule has 0 saturated carbocycles. The number of hydrogen-bond acceptors (Lipinski definition) is 5. The Hall–Kier alpha value is -3.39. The van der Waals surface area contributed by atoms with Gasteiger partial charge in [0, 0.05) is 19.6 Å². The molecule has 0 aromatic heterocycles. The Morgan fingerprint density at radius 2 is 1.61 bits per heavy atom. The summed E-state index contributed by atoms with van der Waals surface area (Å²) in [6.07, 6.45) is -1.60. The van der Waals surface area contributed by atoms with E-state index >= 15 is 0 Å². The summed E-state index contributed by atoms with van der Waals surface area (Å²) in [7, 11) is 1.42. The van der Waals surface area contributed by atoms with Crippen molar-refractivity contribution < 1.29 is 29.0 Å². The lowest BCUT2D eigenvalue weighted by molar-refractivity contribution is -0.137. The van der Waals surface area contributed by atoms with Crippen LogP contribution in [-0.4, -0.2) is 55.5 Å². The zero-order valence-corrected chi connectivity index (χ0v) is 17.5. The van der Waals surface area contributed by atoms with Gasteiger partial charge in [-0.2, -0.15) is 0 Å². The summed E-state index contributed by atoms with van der Waals surface area (Å²) in [5.74, 6) is -1.66. The third-order valence-electron chi connectivity index (χ3n) is 5.38. The number of fused-ring (bicyclic) bond motifs is 3. The Morgan fingerprint density at radius 3 is 2.16 bits per heavy atom. The average molecular weight is 426 g/mol. The van der Waals surface area contributed by atoms with Crippen LogP contribution < -0.4 is 10.6 Å². The molecule has 0 unspecified atom stereocenters. The summed E-state index contributed by atoms with van der Waals surface area (Å²) in [4.78, 5) is 35.5. The molecule has 2 atom stereocenters. The van der Waals surface area contributed by atoms with Gasteiger partial charge < -0.3 is 25.2 Å². The van der Waals surface area contributed by atoms with E-state index in [0.717, 1.165) is 22.3 Å². The Kier molecular flexibility index (Phi) is 7.25. The number of alkyl carbamates (subject to hydrolysis) is 1. The minimum atomic E-state index is -1.03. The maximum absolute atomic E-state index is 12.5. The van der Waals surface area contributed by atoms with Gasteiger partial charge in [-0.3, -0.25) is 9.59 Å². The highest BCUT2D eigenvalue weighted by Crippen LogP contribution is 2.44. The lowest BCUT2D eigenvalue weighted by Gasteiger charge is -2.23. The molecule has 164 valence electrons. The van der Waals surface area contributed by atoms with Crippen molar-refractivity contribution in [2.45, 2.75) is 31.4 Å². The van der Waals surface area contributed by atoms with Crippen LogP contribution in [0.15, 0.2) is 48.5 Å². The number of ether oxygens (including phenoxy) is 2. The normalized spacial score (nSPS) is 14.1. The molecular formula is C23H26N2O6.